The van der Waals surface area contributed by atoms with Crippen molar-refractivity contribution in [1.82, 2.24) is 10.6 Å². The number of aliphatic imine (C=N–C) groups is 1. The molecule has 0 saturated heterocycles. The molecule has 1 saturated carbocycles. The van der Waals surface area contributed by atoms with Crippen LogP contribution >= 0.6 is 24.0 Å². The van der Waals surface area contributed by atoms with E-state index < -0.39 is 0 Å². The summed E-state index contributed by atoms with van der Waals surface area (Å²) in [7, 11) is 1.78. The Labute approximate surface area is 162 Å². The van der Waals surface area contributed by atoms with Crippen LogP contribution in [0, 0.1) is 0 Å². The highest BCUT2D eigenvalue weighted by Gasteiger charge is 2.14. The van der Waals surface area contributed by atoms with Crippen LogP contribution in [0.4, 0.5) is 0 Å². The topological polar surface area (TPSA) is 54.9 Å². The maximum atomic E-state index is 5.85. The molecule has 1 aromatic carbocycles. The van der Waals surface area contributed by atoms with E-state index in [4.69, 9.17) is 9.47 Å². The molecule has 1 fully saturated rings. The van der Waals surface area contributed by atoms with Crippen molar-refractivity contribution in [2.75, 3.05) is 33.4 Å². The van der Waals surface area contributed by atoms with Gasteiger partial charge >= 0.3 is 0 Å². The van der Waals surface area contributed by atoms with Crippen molar-refractivity contribution in [2.24, 2.45) is 4.99 Å². The lowest BCUT2D eigenvalue weighted by atomic mass is 10.3. The summed E-state index contributed by atoms with van der Waals surface area (Å²) in [5.41, 5.74) is 0. The number of halogens is 1. The SMILES string of the molecule is CN=C(NCCCOC1CCCC1)NCCOc1ccccc1.I. The lowest BCUT2D eigenvalue weighted by Crippen LogP contribution is -2.40. The van der Waals surface area contributed by atoms with Gasteiger partial charge in [-0.3, -0.25) is 4.99 Å². The lowest BCUT2D eigenvalue weighted by Gasteiger charge is -2.14. The Bertz CT molecular complexity index is 451. The van der Waals surface area contributed by atoms with Crippen LogP contribution in [-0.4, -0.2) is 45.4 Å². The van der Waals surface area contributed by atoms with E-state index in [9.17, 15) is 0 Å². The second-order valence-corrected chi connectivity index (χ2v) is 5.72. The largest absolute Gasteiger partial charge is 0.492 e. The van der Waals surface area contributed by atoms with Gasteiger partial charge in [-0.15, -0.1) is 24.0 Å². The molecule has 0 spiro atoms. The quantitative estimate of drug-likeness (QED) is 0.264. The number of ether oxygens (including phenoxy) is 2. The van der Waals surface area contributed by atoms with Gasteiger partial charge in [-0.25, -0.2) is 0 Å². The Balaban J connectivity index is 0.00000288. The highest BCUT2D eigenvalue weighted by atomic mass is 127. The molecule has 2 rings (SSSR count). The van der Waals surface area contributed by atoms with Gasteiger partial charge < -0.3 is 20.1 Å². The van der Waals surface area contributed by atoms with E-state index in [0.717, 1.165) is 31.3 Å². The first kappa shape index (κ1) is 21.0. The molecule has 2 N–H and O–H groups in total. The second kappa shape index (κ2) is 13.3. The number of hydrogen-bond acceptors (Lipinski definition) is 3. The fourth-order valence-electron chi connectivity index (χ4n) is 2.66. The zero-order chi connectivity index (χ0) is 16.2. The van der Waals surface area contributed by atoms with Crippen LogP contribution in [0.3, 0.4) is 0 Å². The highest BCUT2D eigenvalue weighted by molar-refractivity contribution is 14.0. The normalized spacial score (nSPS) is 15.0. The minimum atomic E-state index is 0. The van der Waals surface area contributed by atoms with Crippen LogP contribution in [0.15, 0.2) is 35.3 Å². The number of nitrogens with one attached hydrogen (secondary N) is 2. The number of benzene rings is 1. The minimum absolute atomic E-state index is 0. The molecule has 0 amide bonds. The van der Waals surface area contributed by atoms with Gasteiger partial charge in [0.25, 0.3) is 0 Å². The third-order valence-corrected chi connectivity index (χ3v) is 3.90. The summed E-state index contributed by atoms with van der Waals surface area (Å²) in [5.74, 6) is 1.70. The average Bonchev–Trinajstić information content (AvgIpc) is 3.11. The Kier molecular flexibility index (Phi) is 11.6. The monoisotopic (exact) mass is 447 g/mol. The summed E-state index contributed by atoms with van der Waals surface area (Å²) in [5, 5.41) is 6.54. The Morgan fingerprint density at radius 3 is 2.50 bits per heavy atom. The standard InChI is InChI=1S/C18H29N3O2.HI/c1-19-18(20-12-7-14-22-16-10-5-6-11-16)21-13-15-23-17-8-3-2-4-9-17;/h2-4,8-9,16H,5-7,10-15H2,1H3,(H2,19,20,21);1H. The van der Waals surface area contributed by atoms with Crippen molar-refractivity contribution in [3.8, 4) is 5.75 Å². The van der Waals surface area contributed by atoms with Crippen LogP contribution < -0.4 is 15.4 Å². The minimum Gasteiger partial charge on any atom is -0.492 e. The summed E-state index contributed by atoms with van der Waals surface area (Å²) < 4.78 is 11.5. The van der Waals surface area contributed by atoms with Crippen LogP contribution in [-0.2, 0) is 4.74 Å². The molecule has 1 aliphatic rings. The maximum Gasteiger partial charge on any atom is 0.191 e. The van der Waals surface area contributed by atoms with Crippen molar-refractivity contribution in [3.63, 3.8) is 0 Å². The van der Waals surface area contributed by atoms with E-state index in [1.807, 2.05) is 30.3 Å². The molecule has 136 valence electrons. The zero-order valence-electron chi connectivity index (χ0n) is 14.5. The van der Waals surface area contributed by atoms with Crippen LogP contribution in [0.1, 0.15) is 32.1 Å². The summed E-state index contributed by atoms with van der Waals surface area (Å²) in [6.07, 6.45) is 6.62. The first-order valence-corrected chi connectivity index (χ1v) is 8.62. The van der Waals surface area contributed by atoms with Crippen molar-refractivity contribution in [3.05, 3.63) is 30.3 Å². The van der Waals surface area contributed by atoms with E-state index >= 15 is 0 Å². The molecule has 1 aliphatic carbocycles. The number of para-hydroxylation sites is 1. The summed E-state index contributed by atoms with van der Waals surface area (Å²) in [4.78, 5) is 4.21. The predicted molar refractivity (Wildman–Crippen MR) is 110 cm³/mol. The number of guanidine groups is 1. The molecule has 1 aromatic rings. The molecule has 0 unspecified atom stereocenters. The Morgan fingerprint density at radius 1 is 1.08 bits per heavy atom. The summed E-state index contributed by atoms with van der Waals surface area (Å²) >= 11 is 0. The van der Waals surface area contributed by atoms with Crippen molar-refractivity contribution >= 4 is 29.9 Å². The molecule has 0 heterocycles. The van der Waals surface area contributed by atoms with Gasteiger partial charge in [0.1, 0.15) is 12.4 Å². The first-order valence-electron chi connectivity index (χ1n) is 8.62. The fraction of sp³-hybridized carbons (Fsp3) is 0.611. The fourth-order valence-corrected chi connectivity index (χ4v) is 2.66. The van der Waals surface area contributed by atoms with Crippen molar-refractivity contribution < 1.29 is 9.47 Å². The molecule has 0 atom stereocenters. The Hall–Kier alpha value is -1.02. The second-order valence-electron chi connectivity index (χ2n) is 5.72. The van der Waals surface area contributed by atoms with Gasteiger partial charge in [0.2, 0.25) is 0 Å². The predicted octanol–water partition coefficient (Wildman–Crippen LogP) is 3.20. The number of rotatable bonds is 9. The van der Waals surface area contributed by atoms with Crippen molar-refractivity contribution in [2.45, 2.75) is 38.2 Å². The first-order chi connectivity index (χ1) is 11.4. The van der Waals surface area contributed by atoms with Crippen LogP contribution in [0.2, 0.25) is 0 Å². The zero-order valence-corrected chi connectivity index (χ0v) is 16.8. The van der Waals surface area contributed by atoms with Gasteiger partial charge in [0.15, 0.2) is 5.96 Å². The molecule has 6 heteroatoms. The van der Waals surface area contributed by atoms with E-state index in [-0.39, 0.29) is 24.0 Å². The molecule has 5 nitrogen and oxygen atoms in total. The van der Waals surface area contributed by atoms with E-state index in [1.54, 1.807) is 7.05 Å². The van der Waals surface area contributed by atoms with Crippen molar-refractivity contribution in [1.29, 1.82) is 0 Å². The number of nitrogens with zero attached hydrogens (tertiary/aromatic N) is 1. The molecule has 0 aliphatic heterocycles. The van der Waals surface area contributed by atoms with Gasteiger partial charge in [-0.1, -0.05) is 31.0 Å². The number of hydrogen-bond donors (Lipinski definition) is 2. The smallest absolute Gasteiger partial charge is 0.191 e. The third-order valence-electron chi connectivity index (χ3n) is 3.90. The highest BCUT2D eigenvalue weighted by Crippen LogP contribution is 2.20. The van der Waals surface area contributed by atoms with E-state index in [2.05, 4.69) is 15.6 Å². The van der Waals surface area contributed by atoms with Crippen LogP contribution in [0.5, 0.6) is 5.75 Å². The van der Waals surface area contributed by atoms with Gasteiger partial charge in [-0.05, 0) is 31.4 Å². The maximum absolute atomic E-state index is 5.85. The molecule has 0 radical (unpaired) electrons. The van der Waals surface area contributed by atoms with Gasteiger partial charge in [-0.2, -0.15) is 0 Å². The molecular weight excluding hydrogens is 417 g/mol. The van der Waals surface area contributed by atoms with Gasteiger partial charge in [0.05, 0.1) is 12.6 Å². The summed E-state index contributed by atoms with van der Waals surface area (Å²) in [6, 6.07) is 9.83. The molecule has 24 heavy (non-hydrogen) atoms. The average molecular weight is 447 g/mol. The summed E-state index contributed by atoms with van der Waals surface area (Å²) in [6.45, 7) is 3.01. The molecule has 0 aromatic heterocycles. The van der Waals surface area contributed by atoms with E-state index in [0.29, 0.717) is 19.3 Å². The van der Waals surface area contributed by atoms with Gasteiger partial charge in [0, 0.05) is 20.2 Å². The van der Waals surface area contributed by atoms with E-state index in [1.165, 1.54) is 25.7 Å². The Morgan fingerprint density at radius 2 is 1.79 bits per heavy atom. The van der Waals surface area contributed by atoms with Crippen LogP contribution in [0.25, 0.3) is 0 Å². The third kappa shape index (κ3) is 8.73. The molecule has 0 bridgehead atoms. The lowest BCUT2D eigenvalue weighted by molar-refractivity contribution is 0.0574. The molecular formula is C18H30IN3O2.